The number of hydrogen-bond acceptors (Lipinski definition) is 10. The normalized spacial score (nSPS) is 11.5. The summed E-state index contributed by atoms with van der Waals surface area (Å²) in [6.45, 7) is 6.42. The molecule has 12 nitrogen and oxygen atoms in total. The van der Waals surface area contributed by atoms with Crippen molar-refractivity contribution in [1.29, 1.82) is 0 Å². The zero-order valence-corrected chi connectivity index (χ0v) is 28.6. The minimum atomic E-state index is -1.17. The Bertz CT molecular complexity index is 781. The molecule has 0 rings (SSSR count). The van der Waals surface area contributed by atoms with Crippen LogP contribution in [0.15, 0.2) is 29.3 Å². The largest absolute Gasteiger partial charge is 2.00 e. The van der Waals surface area contributed by atoms with Crippen molar-refractivity contribution < 1.29 is 39.9 Å². The van der Waals surface area contributed by atoms with Crippen LogP contribution in [-0.4, -0.2) is 152 Å². The summed E-state index contributed by atoms with van der Waals surface area (Å²) in [6.07, 6.45) is 16.3. The molecule has 0 aliphatic carbocycles. The average molecular weight is 639 g/mol. The van der Waals surface area contributed by atoms with Gasteiger partial charge in [0.05, 0.1) is 19.1 Å². The fourth-order valence-corrected chi connectivity index (χ4v) is 3.65. The van der Waals surface area contributed by atoms with Crippen LogP contribution in [0.25, 0.3) is 0 Å². The number of amides is 1. The third-order valence-electron chi connectivity index (χ3n) is 5.87. The van der Waals surface area contributed by atoms with Crippen molar-refractivity contribution in [1.82, 2.24) is 15.1 Å². The number of aliphatic imine (C=N–C) groups is 1. The summed E-state index contributed by atoms with van der Waals surface area (Å²) in [6, 6.07) is 0. The van der Waals surface area contributed by atoms with E-state index in [0.717, 1.165) is 44.9 Å². The first-order chi connectivity index (χ1) is 20.2. The maximum Gasteiger partial charge on any atom is 2.00 e. The SMILES string of the molecule is CCCCC/C=C/C(=O)NCCN(CCCO)CC(=O)O.CCCCC/C=C/C([O-])=NCCN(CCCO)CC(=O)[O-].[Ca+2]. The number of allylic oxidation sites excluding steroid dienone is 2. The molecule has 0 fully saturated rings. The Morgan fingerprint density at radius 1 is 0.767 bits per heavy atom. The maximum absolute atomic E-state index is 11.5. The van der Waals surface area contributed by atoms with Crippen LogP contribution in [0, 0.1) is 0 Å². The molecule has 0 aromatic carbocycles. The van der Waals surface area contributed by atoms with E-state index in [1.165, 1.54) is 18.6 Å². The first-order valence-corrected chi connectivity index (χ1v) is 15.1. The molecule has 0 aliphatic rings. The quantitative estimate of drug-likeness (QED) is 0.0329. The van der Waals surface area contributed by atoms with E-state index in [1.54, 1.807) is 9.80 Å². The van der Waals surface area contributed by atoms with Gasteiger partial charge >= 0.3 is 43.7 Å². The third-order valence-corrected chi connectivity index (χ3v) is 5.87. The standard InChI is InChI=1S/2C15H28N2O4.Ca/c2*1-2-3-4-5-6-8-14(19)16-9-11-17(10-7-12-18)13-15(20)21;/h2*6,8,18H,2-5,7,9-13H2,1H3,(H,16,19)(H,20,21);/q;;+2/p-2/b2*8-6+;. The van der Waals surface area contributed by atoms with Crippen molar-refractivity contribution in [3.05, 3.63) is 24.3 Å². The van der Waals surface area contributed by atoms with E-state index in [9.17, 15) is 24.6 Å². The minimum Gasteiger partial charge on any atom is -0.859 e. The van der Waals surface area contributed by atoms with E-state index >= 15 is 0 Å². The van der Waals surface area contributed by atoms with Crippen molar-refractivity contribution in [3.8, 4) is 0 Å². The van der Waals surface area contributed by atoms with Gasteiger partial charge < -0.3 is 35.6 Å². The molecule has 0 heterocycles. The fraction of sp³-hybridized carbons (Fsp3) is 0.733. The van der Waals surface area contributed by atoms with Crippen LogP contribution < -0.4 is 15.5 Å². The Morgan fingerprint density at radius 2 is 1.30 bits per heavy atom. The molecule has 244 valence electrons. The molecular formula is C30H54CaN4O8. The van der Waals surface area contributed by atoms with Gasteiger partial charge in [0.2, 0.25) is 5.91 Å². The monoisotopic (exact) mass is 638 g/mol. The second-order valence-corrected chi connectivity index (χ2v) is 9.78. The zero-order chi connectivity index (χ0) is 31.8. The average Bonchev–Trinajstić information content (AvgIpc) is 2.94. The van der Waals surface area contributed by atoms with Crippen LogP contribution in [-0.2, 0) is 14.4 Å². The van der Waals surface area contributed by atoms with Gasteiger partial charge in [0.1, 0.15) is 0 Å². The molecular weight excluding hydrogens is 584 g/mol. The van der Waals surface area contributed by atoms with E-state index in [1.807, 2.05) is 12.2 Å². The van der Waals surface area contributed by atoms with Gasteiger partial charge in [-0.1, -0.05) is 57.8 Å². The van der Waals surface area contributed by atoms with Crippen molar-refractivity contribution in [2.45, 2.75) is 78.1 Å². The Hall–Kier alpha value is -1.54. The van der Waals surface area contributed by atoms with E-state index < -0.39 is 11.9 Å². The summed E-state index contributed by atoms with van der Waals surface area (Å²) in [5.74, 6) is -2.52. The summed E-state index contributed by atoms with van der Waals surface area (Å²) in [4.78, 5) is 39.9. The fourth-order valence-electron chi connectivity index (χ4n) is 3.65. The van der Waals surface area contributed by atoms with Crippen molar-refractivity contribution in [2.24, 2.45) is 4.99 Å². The Balaban J connectivity index is -0.000000727. The molecule has 0 aromatic heterocycles. The summed E-state index contributed by atoms with van der Waals surface area (Å²) in [5.41, 5.74) is 0. The molecule has 0 saturated carbocycles. The van der Waals surface area contributed by atoms with E-state index in [2.05, 4.69) is 24.2 Å². The van der Waals surface area contributed by atoms with E-state index in [-0.39, 0.29) is 82.4 Å². The smallest absolute Gasteiger partial charge is 0.859 e. The number of carbonyl (C=O) groups excluding carboxylic acids is 2. The number of carboxylic acids is 2. The topological polar surface area (TPSA) is 189 Å². The van der Waals surface area contributed by atoms with E-state index in [0.29, 0.717) is 45.6 Å². The molecule has 0 atom stereocenters. The summed E-state index contributed by atoms with van der Waals surface area (Å²) in [5, 5.41) is 51.0. The third kappa shape index (κ3) is 36.6. The van der Waals surface area contributed by atoms with Gasteiger partial charge in [0.25, 0.3) is 0 Å². The zero-order valence-electron chi connectivity index (χ0n) is 26.4. The Labute approximate surface area is 287 Å². The number of hydrogen-bond donors (Lipinski definition) is 4. The minimum absolute atomic E-state index is 0. The molecule has 4 N–H and O–H groups in total. The van der Waals surface area contributed by atoms with Crippen LogP contribution in [0.2, 0.25) is 0 Å². The predicted molar refractivity (Wildman–Crippen MR) is 167 cm³/mol. The van der Waals surface area contributed by atoms with Crippen molar-refractivity contribution >= 4 is 61.5 Å². The van der Waals surface area contributed by atoms with Gasteiger partial charge in [0, 0.05) is 52.5 Å². The molecule has 43 heavy (non-hydrogen) atoms. The number of aliphatic hydroxyl groups is 2. The molecule has 0 aromatic rings. The molecule has 0 aliphatic heterocycles. The molecule has 0 radical (unpaired) electrons. The van der Waals surface area contributed by atoms with Crippen LogP contribution in [0.1, 0.15) is 78.1 Å². The van der Waals surface area contributed by atoms with Crippen molar-refractivity contribution in [2.75, 3.05) is 65.6 Å². The van der Waals surface area contributed by atoms with Crippen LogP contribution >= 0.6 is 0 Å². The number of aliphatic carboxylic acids is 2. The second kappa shape index (κ2) is 34.9. The molecule has 0 spiro atoms. The summed E-state index contributed by atoms with van der Waals surface area (Å²) >= 11 is 0. The predicted octanol–water partition coefficient (Wildman–Crippen LogP) is -0.0567. The molecule has 0 unspecified atom stereocenters. The molecule has 0 saturated heterocycles. The molecule has 1 amide bonds. The number of rotatable bonds is 26. The van der Waals surface area contributed by atoms with Crippen LogP contribution in [0.4, 0.5) is 0 Å². The molecule has 0 bridgehead atoms. The van der Waals surface area contributed by atoms with Gasteiger partial charge in [-0.3, -0.25) is 24.4 Å². The van der Waals surface area contributed by atoms with Crippen LogP contribution in [0.5, 0.6) is 0 Å². The Morgan fingerprint density at radius 3 is 1.79 bits per heavy atom. The van der Waals surface area contributed by atoms with Gasteiger partial charge in [0.15, 0.2) is 0 Å². The number of nitrogens with zero attached hydrogens (tertiary/aromatic N) is 3. The van der Waals surface area contributed by atoms with E-state index in [4.69, 9.17) is 15.3 Å². The number of unbranched alkanes of at least 4 members (excludes halogenated alkanes) is 6. The van der Waals surface area contributed by atoms with Gasteiger partial charge in [-0.2, -0.15) is 0 Å². The number of aliphatic hydroxyl groups excluding tert-OH is 2. The van der Waals surface area contributed by atoms with Gasteiger partial charge in [-0.25, -0.2) is 0 Å². The van der Waals surface area contributed by atoms with Crippen LogP contribution in [0.3, 0.4) is 0 Å². The van der Waals surface area contributed by atoms with Gasteiger partial charge in [-0.15, -0.1) is 0 Å². The first kappa shape index (κ1) is 45.9. The number of carboxylic acid groups (broad SMARTS) is 2. The number of nitrogens with one attached hydrogen (secondary N) is 1. The summed E-state index contributed by atoms with van der Waals surface area (Å²) in [7, 11) is 0. The molecule has 13 heteroatoms. The second-order valence-electron chi connectivity index (χ2n) is 9.78. The summed E-state index contributed by atoms with van der Waals surface area (Å²) < 4.78 is 0. The Kier molecular flexibility index (Phi) is 37.3. The number of carbonyl (C=O) groups is 3. The van der Waals surface area contributed by atoms with Gasteiger partial charge in [-0.05, 0) is 50.5 Å². The van der Waals surface area contributed by atoms with Crippen molar-refractivity contribution in [3.63, 3.8) is 0 Å². The maximum atomic E-state index is 11.5. The first-order valence-electron chi connectivity index (χ1n) is 15.1.